The maximum Gasteiger partial charge on any atom is 0.130 e. The average Bonchev–Trinajstić information content (AvgIpc) is 2.35. The van der Waals surface area contributed by atoms with Crippen LogP contribution in [0.2, 0.25) is 0 Å². The molecule has 0 fully saturated rings. The molecule has 4 nitrogen and oxygen atoms in total. The number of fused-ring (bicyclic) bond motifs is 1. The van der Waals surface area contributed by atoms with Crippen molar-refractivity contribution in [3.8, 4) is 0 Å². The maximum atomic E-state index is 5.00. The van der Waals surface area contributed by atoms with Crippen LogP contribution in [0.15, 0.2) is 12.4 Å². The number of nitrogens with one attached hydrogen (secondary N) is 1. The standard InChI is InChI=1S/C6H6N4S/c1-10-5-3-7-9-6(11)4(5)2-8-10/h2-3H,1H3,(H,9,11). The monoisotopic (exact) mass is 166 g/mol. The molecule has 0 bridgehead atoms. The Bertz CT molecular complexity index is 441. The van der Waals surface area contributed by atoms with Crippen LogP contribution in [0.5, 0.6) is 0 Å². The van der Waals surface area contributed by atoms with Crippen LogP contribution in [0.4, 0.5) is 0 Å². The van der Waals surface area contributed by atoms with Crippen molar-refractivity contribution in [2.75, 3.05) is 0 Å². The normalized spacial score (nSPS) is 10.6. The van der Waals surface area contributed by atoms with Crippen molar-refractivity contribution >= 4 is 23.1 Å². The highest BCUT2D eigenvalue weighted by Crippen LogP contribution is 2.09. The molecule has 0 amide bonds. The maximum absolute atomic E-state index is 5.00. The summed E-state index contributed by atoms with van der Waals surface area (Å²) in [5.41, 5.74) is 0.953. The Labute approximate surface area is 67.9 Å². The lowest BCUT2D eigenvalue weighted by Gasteiger charge is -1.90. The van der Waals surface area contributed by atoms with E-state index in [1.807, 2.05) is 7.05 Å². The average molecular weight is 166 g/mol. The van der Waals surface area contributed by atoms with Crippen molar-refractivity contribution < 1.29 is 0 Å². The van der Waals surface area contributed by atoms with Crippen LogP contribution in [0.1, 0.15) is 0 Å². The van der Waals surface area contributed by atoms with E-state index in [-0.39, 0.29) is 0 Å². The molecule has 0 radical (unpaired) electrons. The molecule has 0 aliphatic rings. The van der Waals surface area contributed by atoms with Crippen LogP contribution in [0.3, 0.4) is 0 Å². The van der Waals surface area contributed by atoms with Gasteiger partial charge in [-0.1, -0.05) is 12.2 Å². The fourth-order valence-electron chi connectivity index (χ4n) is 0.987. The van der Waals surface area contributed by atoms with E-state index in [9.17, 15) is 0 Å². The molecule has 0 aliphatic heterocycles. The van der Waals surface area contributed by atoms with Crippen LogP contribution in [-0.4, -0.2) is 20.0 Å². The van der Waals surface area contributed by atoms with Crippen LogP contribution < -0.4 is 0 Å². The van der Waals surface area contributed by atoms with Gasteiger partial charge in [0.25, 0.3) is 0 Å². The molecule has 56 valence electrons. The largest absolute Gasteiger partial charge is 0.267 e. The summed E-state index contributed by atoms with van der Waals surface area (Å²) >= 11 is 5.00. The van der Waals surface area contributed by atoms with E-state index in [2.05, 4.69) is 15.3 Å². The van der Waals surface area contributed by atoms with E-state index in [1.165, 1.54) is 0 Å². The minimum Gasteiger partial charge on any atom is -0.267 e. The van der Waals surface area contributed by atoms with Gasteiger partial charge in [0.15, 0.2) is 0 Å². The number of rotatable bonds is 0. The summed E-state index contributed by atoms with van der Waals surface area (Å²) in [4.78, 5) is 0. The molecule has 0 aromatic carbocycles. The van der Waals surface area contributed by atoms with Gasteiger partial charge in [0.05, 0.1) is 23.3 Å². The molecule has 0 unspecified atom stereocenters. The lowest BCUT2D eigenvalue weighted by atomic mass is 10.4. The molecule has 0 saturated heterocycles. The van der Waals surface area contributed by atoms with Crippen molar-refractivity contribution in [1.82, 2.24) is 20.0 Å². The van der Waals surface area contributed by atoms with Gasteiger partial charge < -0.3 is 0 Å². The first kappa shape index (κ1) is 6.48. The first-order valence-corrected chi connectivity index (χ1v) is 3.55. The molecule has 0 spiro atoms. The lowest BCUT2D eigenvalue weighted by molar-refractivity contribution is 0.794. The summed E-state index contributed by atoms with van der Waals surface area (Å²) in [5.74, 6) is 0. The van der Waals surface area contributed by atoms with Gasteiger partial charge in [-0.2, -0.15) is 10.2 Å². The fourth-order valence-corrected chi connectivity index (χ4v) is 1.20. The van der Waals surface area contributed by atoms with Crippen LogP contribution in [0, 0.1) is 4.64 Å². The number of aryl methyl sites for hydroxylation is 1. The van der Waals surface area contributed by atoms with Gasteiger partial charge in [0, 0.05) is 7.05 Å². The van der Waals surface area contributed by atoms with E-state index < -0.39 is 0 Å². The van der Waals surface area contributed by atoms with Crippen molar-refractivity contribution in [1.29, 1.82) is 0 Å². The predicted octanol–water partition coefficient (Wildman–Crippen LogP) is 1.03. The summed E-state index contributed by atoms with van der Waals surface area (Å²) in [5, 5.41) is 11.5. The van der Waals surface area contributed by atoms with Crippen LogP contribution in [0.25, 0.3) is 10.9 Å². The number of aromatic nitrogens is 4. The molecule has 0 aliphatic carbocycles. The third-order valence-corrected chi connectivity index (χ3v) is 1.89. The zero-order valence-corrected chi connectivity index (χ0v) is 6.72. The highest BCUT2D eigenvalue weighted by Gasteiger charge is 1.98. The quantitative estimate of drug-likeness (QED) is 0.594. The SMILES string of the molecule is Cn1ncc2c(=S)[nH]ncc21. The van der Waals surface area contributed by atoms with Crippen molar-refractivity contribution in [3.63, 3.8) is 0 Å². The first-order chi connectivity index (χ1) is 5.29. The van der Waals surface area contributed by atoms with Gasteiger partial charge in [0.1, 0.15) is 4.64 Å². The minimum absolute atomic E-state index is 0.635. The van der Waals surface area contributed by atoms with Gasteiger partial charge in [-0.25, -0.2) is 0 Å². The summed E-state index contributed by atoms with van der Waals surface area (Å²) in [6.07, 6.45) is 3.44. The number of aromatic amines is 1. The Morgan fingerprint density at radius 3 is 3.09 bits per heavy atom. The Balaban J connectivity index is 3.06. The second-order valence-electron chi connectivity index (χ2n) is 2.27. The molecule has 0 atom stereocenters. The van der Waals surface area contributed by atoms with Gasteiger partial charge in [0.2, 0.25) is 0 Å². The van der Waals surface area contributed by atoms with E-state index in [0.717, 1.165) is 10.9 Å². The highest BCUT2D eigenvalue weighted by molar-refractivity contribution is 7.71. The zero-order chi connectivity index (χ0) is 7.84. The van der Waals surface area contributed by atoms with Crippen LogP contribution >= 0.6 is 12.2 Å². The van der Waals surface area contributed by atoms with Crippen molar-refractivity contribution in [2.45, 2.75) is 0 Å². The molecular formula is C6H6N4S. The number of hydrogen-bond donors (Lipinski definition) is 1. The number of nitrogens with zero attached hydrogens (tertiary/aromatic N) is 3. The Hall–Kier alpha value is -1.23. The third-order valence-electron chi connectivity index (χ3n) is 1.58. The molecule has 11 heavy (non-hydrogen) atoms. The topological polar surface area (TPSA) is 46.5 Å². The van der Waals surface area contributed by atoms with E-state index >= 15 is 0 Å². The van der Waals surface area contributed by atoms with Crippen molar-refractivity contribution in [2.24, 2.45) is 7.05 Å². The third kappa shape index (κ3) is 0.848. The fraction of sp³-hybridized carbons (Fsp3) is 0.167. The Morgan fingerprint density at radius 1 is 1.55 bits per heavy atom. The van der Waals surface area contributed by atoms with Crippen LogP contribution in [-0.2, 0) is 7.05 Å². The summed E-state index contributed by atoms with van der Waals surface area (Å²) in [7, 11) is 1.86. The van der Waals surface area contributed by atoms with Crippen molar-refractivity contribution in [3.05, 3.63) is 17.0 Å². The molecule has 2 heterocycles. The molecule has 0 saturated carbocycles. The molecule has 2 rings (SSSR count). The highest BCUT2D eigenvalue weighted by atomic mass is 32.1. The Kier molecular flexibility index (Phi) is 1.25. The molecule has 2 aromatic rings. The summed E-state index contributed by atoms with van der Waals surface area (Å²) in [6, 6.07) is 0. The molecule has 1 N–H and O–H groups in total. The number of hydrogen-bond acceptors (Lipinski definition) is 3. The minimum atomic E-state index is 0.635. The van der Waals surface area contributed by atoms with E-state index in [0.29, 0.717) is 4.64 Å². The molecular weight excluding hydrogens is 160 g/mol. The zero-order valence-electron chi connectivity index (χ0n) is 5.90. The van der Waals surface area contributed by atoms with E-state index in [1.54, 1.807) is 17.1 Å². The second kappa shape index (κ2) is 2.13. The number of H-pyrrole nitrogens is 1. The predicted molar refractivity (Wildman–Crippen MR) is 43.7 cm³/mol. The van der Waals surface area contributed by atoms with Gasteiger partial charge in [-0.15, -0.1) is 0 Å². The smallest absolute Gasteiger partial charge is 0.130 e. The van der Waals surface area contributed by atoms with Gasteiger partial charge in [-0.3, -0.25) is 9.78 Å². The van der Waals surface area contributed by atoms with Gasteiger partial charge in [-0.05, 0) is 0 Å². The van der Waals surface area contributed by atoms with Gasteiger partial charge >= 0.3 is 0 Å². The molecule has 5 heteroatoms. The summed E-state index contributed by atoms with van der Waals surface area (Å²) < 4.78 is 2.38. The first-order valence-electron chi connectivity index (χ1n) is 3.14. The molecule has 2 aromatic heterocycles. The second-order valence-corrected chi connectivity index (χ2v) is 2.67. The lowest BCUT2D eigenvalue weighted by Crippen LogP contribution is -1.90. The Morgan fingerprint density at radius 2 is 2.36 bits per heavy atom. The van der Waals surface area contributed by atoms with E-state index in [4.69, 9.17) is 12.2 Å². The summed E-state index contributed by atoms with van der Waals surface area (Å²) in [6.45, 7) is 0.